The highest BCUT2D eigenvalue weighted by molar-refractivity contribution is 5.77. The van der Waals surface area contributed by atoms with E-state index in [1.54, 1.807) is 0 Å². The van der Waals surface area contributed by atoms with Gasteiger partial charge in [0.1, 0.15) is 0 Å². The lowest BCUT2D eigenvalue weighted by atomic mass is 9.99. The third-order valence-electron chi connectivity index (χ3n) is 9.69. The second-order valence-corrected chi connectivity index (χ2v) is 13.5. The molecule has 0 saturated heterocycles. The average Bonchev–Trinajstić information content (AvgIpc) is 3.27. The molecule has 0 spiro atoms. The molecule has 0 aliphatic rings. The van der Waals surface area contributed by atoms with Gasteiger partial charge in [0.25, 0.3) is 0 Å². The summed E-state index contributed by atoms with van der Waals surface area (Å²) in [5, 5.41) is 0. The van der Waals surface area contributed by atoms with Crippen LogP contribution in [0.2, 0.25) is 0 Å². The van der Waals surface area contributed by atoms with Gasteiger partial charge in [-0.15, -0.1) is 0 Å². The van der Waals surface area contributed by atoms with E-state index in [0.717, 1.165) is 89.8 Å². The predicted molar refractivity (Wildman–Crippen MR) is 224 cm³/mol. The molecule has 4 heterocycles. The number of aryl methyl sites for hydroxylation is 1. The van der Waals surface area contributed by atoms with Gasteiger partial charge in [-0.2, -0.15) is 0 Å². The van der Waals surface area contributed by atoms with E-state index in [2.05, 4.69) is 120 Å². The van der Waals surface area contributed by atoms with Gasteiger partial charge in [-0.05, 0) is 70.6 Å². The van der Waals surface area contributed by atoms with Crippen LogP contribution < -0.4 is 0 Å². The molecule has 9 aromatic rings. The third-order valence-corrected chi connectivity index (χ3v) is 9.69. The Labute approximate surface area is 320 Å². The lowest BCUT2D eigenvalue weighted by molar-refractivity contribution is 1.18. The first-order valence-electron chi connectivity index (χ1n) is 18.3. The van der Waals surface area contributed by atoms with Crippen molar-refractivity contribution >= 4 is 0 Å². The van der Waals surface area contributed by atoms with Crippen LogP contribution in [0.1, 0.15) is 5.56 Å². The van der Waals surface area contributed by atoms with E-state index in [-0.39, 0.29) is 0 Å². The number of hydrogen-bond acceptors (Lipinski definition) is 5. The minimum absolute atomic E-state index is 0.709. The van der Waals surface area contributed by atoms with Crippen LogP contribution in [0.3, 0.4) is 0 Å². The number of aromatic nitrogens is 5. The van der Waals surface area contributed by atoms with Crippen LogP contribution in [0.15, 0.2) is 194 Å². The first-order valence-corrected chi connectivity index (χ1v) is 18.3. The molecule has 0 N–H and O–H groups in total. The standard InChI is InChI=1S/C50H35N5/c1-34-17-27-44(51-32-34)48-29-43(35-11-5-2-6-12-35)30-49(53-48)45-28-26-42(33-52-45)38-20-18-36(19-21-38)37-22-24-40(25-23-37)47-31-46(39-13-7-3-8-14-39)54-50(55-47)41-15-9-4-10-16-41/h2-33H,1H3. The monoisotopic (exact) mass is 705 g/mol. The fourth-order valence-corrected chi connectivity index (χ4v) is 6.68. The van der Waals surface area contributed by atoms with E-state index in [0.29, 0.717) is 5.82 Å². The fourth-order valence-electron chi connectivity index (χ4n) is 6.68. The van der Waals surface area contributed by atoms with Gasteiger partial charge < -0.3 is 0 Å². The van der Waals surface area contributed by atoms with Gasteiger partial charge in [-0.1, -0.05) is 152 Å². The quantitative estimate of drug-likeness (QED) is 0.157. The summed E-state index contributed by atoms with van der Waals surface area (Å²) in [6, 6.07) is 62.5. The molecule has 0 saturated carbocycles. The maximum atomic E-state index is 5.01. The largest absolute Gasteiger partial charge is 0.254 e. The second kappa shape index (κ2) is 14.9. The molecule has 0 bridgehead atoms. The van der Waals surface area contributed by atoms with Gasteiger partial charge in [0.05, 0.1) is 34.2 Å². The Hall–Kier alpha value is -7.37. The molecular formula is C50H35N5. The van der Waals surface area contributed by atoms with Crippen molar-refractivity contribution in [3.8, 4) is 90.1 Å². The van der Waals surface area contributed by atoms with E-state index in [1.807, 2.05) is 86.0 Å². The highest BCUT2D eigenvalue weighted by Crippen LogP contribution is 2.32. The van der Waals surface area contributed by atoms with Crippen LogP contribution in [0.5, 0.6) is 0 Å². The predicted octanol–water partition coefficient (Wildman–Crippen LogP) is 12.3. The molecule has 0 amide bonds. The minimum atomic E-state index is 0.709. The summed E-state index contributed by atoms with van der Waals surface area (Å²) in [5.74, 6) is 0.709. The molecule has 55 heavy (non-hydrogen) atoms. The highest BCUT2D eigenvalue weighted by Gasteiger charge is 2.13. The SMILES string of the molecule is Cc1ccc(-c2cc(-c3ccccc3)cc(-c3ccc(-c4ccc(-c5ccc(-c6cc(-c7ccccc7)nc(-c7ccccc7)n6)cc5)cc4)cn3)n2)nc1. The first kappa shape index (κ1) is 33.5. The minimum Gasteiger partial charge on any atom is -0.254 e. The van der Waals surface area contributed by atoms with Crippen molar-refractivity contribution in [2.45, 2.75) is 6.92 Å². The van der Waals surface area contributed by atoms with Gasteiger partial charge in [0.2, 0.25) is 0 Å². The number of hydrogen-bond donors (Lipinski definition) is 0. The fraction of sp³-hybridized carbons (Fsp3) is 0.0200. The third kappa shape index (κ3) is 7.32. The lowest BCUT2D eigenvalue weighted by Gasteiger charge is -2.11. The van der Waals surface area contributed by atoms with Crippen molar-refractivity contribution in [2.75, 3.05) is 0 Å². The molecule has 0 unspecified atom stereocenters. The molecule has 0 radical (unpaired) electrons. The van der Waals surface area contributed by atoms with Gasteiger partial charge in [-0.25, -0.2) is 15.0 Å². The normalized spacial score (nSPS) is 11.0. The number of pyridine rings is 3. The zero-order valence-corrected chi connectivity index (χ0v) is 30.2. The summed E-state index contributed by atoms with van der Waals surface area (Å²) < 4.78 is 0. The summed E-state index contributed by atoms with van der Waals surface area (Å²) >= 11 is 0. The zero-order chi connectivity index (χ0) is 37.0. The molecule has 5 heteroatoms. The van der Waals surface area contributed by atoms with Crippen LogP contribution in [-0.4, -0.2) is 24.9 Å². The van der Waals surface area contributed by atoms with E-state index in [9.17, 15) is 0 Å². The van der Waals surface area contributed by atoms with Crippen molar-refractivity contribution in [3.63, 3.8) is 0 Å². The average molecular weight is 706 g/mol. The summed E-state index contributed by atoms with van der Waals surface area (Å²) in [4.78, 5) is 24.5. The maximum Gasteiger partial charge on any atom is 0.160 e. The Kier molecular flexibility index (Phi) is 9.09. The molecule has 260 valence electrons. The Morgan fingerprint density at radius 2 is 0.691 bits per heavy atom. The lowest BCUT2D eigenvalue weighted by Crippen LogP contribution is -1.95. The van der Waals surface area contributed by atoms with E-state index < -0.39 is 0 Å². The van der Waals surface area contributed by atoms with Crippen LogP contribution in [0, 0.1) is 6.92 Å². The van der Waals surface area contributed by atoms with Gasteiger partial charge in [0.15, 0.2) is 5.82 Å². The van der Waals surface area contributed by atoms with Gasteiger partial charge in [0, 0.05) is 34.6 Å². The number of rotatable bonds is 8. The molecule has 9 rings (SSSR count). The Bertz CT molecular complexity index is 2640. The molecule has 5 aromatic carbocycles. The van der Waals surface area contributed by atoms with Crippen LogP contribution in [0.4, 0.5) is 0 Å². The molecular weight excluding hydrogens is 671 g/mol. The van der Waals surface area contributed by atoms with Crippen molar-refractivity contribution < 1.29 is 0 Å². The van der Waals surface area contributed by atoms with Gasteiger partial charge >= 0.3 is 0 Å². The molecule has 0 aliphatic heterocycles. The molecule has 0 aliphatic carbocycles. The number of nitrogens with zero attached hydrogens (tertiary/aromatic N) is 5. The Morgan fingerprint density at radius 1 is 0.273 bits per heavy atom. The van der Waals surface area contributed by atoms with Crippen molar-refractivity contribution in [1.29, 1.82) is 0 Å². The Balaban J connectivity index is 0.968. The molecule has 5 nitrogen and oxygen atoms in total. The number of benzene rings is 5. The highest BCUT2D eigenvalue weighted by atomic mass is 14.9. The summed E-state index contributed by atoms with van der Waals surface area (Å²) in [7, 11) is 0. The van der Waals surface area contributed by atoms with E-state index in [4.69, 9.17) is 19.9 Å². The summed E-state index contributed by atoms with van der Waals surface area (Å²) in [5.41, 5.74) is 15.8. The second-order valence-electron chi connectivity index (χ2n) is 13.5. The van der Waals surface area contributed by atoms with Crippen LogP contribution >= 0.6 is 0 Å². The first-order chi connectivity index (χ1) is 27.1. The van der Waals surface area contributed by atoms with E-state index in [1.165, 1.54) is 0 Å². The van der Waals surface area contributed by atoms with Crippen molar-refractivity contribution in [2.24, 2.45) is 0 Å². The smallest absolute Gasteiger partial charge is 0.160 e. The molecule has 4 aromatic heterocycles. The van der Waals surface area contributed by atoms with Crippen molar-refractivity contribution in [3.05, 3.63) is 200 Å². The molecule has 0 fully saturated rings. The van der Waals surface area contributed by atoms with Crippen LogP contribution in [0.25, 0.3) is 90.1 Å². The Morgan fingerprint density at radius 3 is 1.20 bits per heavy atom. The maximum absolute atomic E-state index is 5.01. The summed E-state index contributed by atoms with van der Waals surface area (Å²) in [6.45, 7) is 2.04. The molecule has 0 atom stereocenters. The van der Waals surface area contributed by atoms with Crippen LogP contribution in [-0.2, 0) is 0 Å². The van der Waals surface area contributed by atoms with Gasteiger partial charge in [-0.3, -0.25) is 9.97 Å². The van der Waals surface area contributed by atoms with Crippen molar-refractivity contribution in [1.82, 2.24) is 24.9 Å². The zero-order valence-electron chi connectivity index (χ0n) is 30.2. The van der Waals surface area contributed by atoms with E-state index >= 15 is 0 Å². The topological polar surface area (TPSA) is 64.5 Å². The summed E-state index contributed by atoms with van der Waals surface area (Å²) in [6.07, 6.45) is 3.80.